The number of fused-ring (bicyclic) bond motifs is 5. The van der Waals surface area contributed by atoms with Gasteiger partial charge in [-0.3, -0.25) is 14.3 Å². The molecule has 2 aliphatic heterocycles. The van der Waals surface area contributed by atoms with E-state index >= 15 is 0 Å². The first-order valence-electron chi connectivity index (χ1n) is 6.31. The molecule has 2 aliphatic rings. The van der Waals surface area contributed by atoms with Crippen molar-refractivity contribution in [3.8, 4) is 0 Å². The first-order chi connectivity index (χ1) is 9.60. The maximum absolute atomic E-state index is 11.8. The van der Waals surface area contributed by atoms with Crippen molar-refractivity contribution in [1.82, 2.24) is 19.5 Å². The highest BCUT2D eigenvalue weighted by Gasteiger charge is 2.50. The summed E-state index contributed by atoms with van der Waals surface area (Å²) in [7, 11) is 0. The molecular weight excluding hydrogens is 266 g/mol. The van der Waals surface area contributed by atoms with Crippen molar-refractivity contribution in [2.45, 2.75) is 24.9 Å². The van der Waals surface area contributed by atoms with E-state index in [2.05, 4.69) is 15.0 Å². The normalized spacial score (nSPS) is 31.7. The Morgan fingerprint density at radius 3 is 3.05 bits per heavy atom. The number of aromatic amines is 1. The molecule has 20 heavy (non-hydrogen) atoms. The number of nitrogens with one attached hydrogen (secondary N) is 1. The quantitative estimate of drug-likeness (QED) is 0.479. The summed E-state index contributed by atoms with van der Waals surface area (Å²) in [6.07, 6.45) is -1.40. The monoisotopic (exact) mass is 279 g/mol. The number of ether oxygens (including phenoxy) is 1. The molecule has 1 fully saturated rings. The molecule has 0 amide bonds. The minimum Gasteiger partial charge on any atom is -0.394 e. The highest BCUT2D eigenvalue weighted by molar-refractivity contribution is 5.72. The van der Waals surface area contributed by atoms with Crippen LogP contribution in [0.5, 0.6) is 0 Å². The van der Waals surface area contributed by atoms with Gasteiger partial charge in [0.05, 0.1) is 12.7 Å². The molecule has 0 saturated carbocycles. The summed E-state index contributed by atoms with van der Waals surface area (Å²) in [4.78, 5) is 22.5. The van der Waals surface area contributed by atoms with Gasteiger partial charge in [-0.25, -0.2) is 4.98 Å². The minimum absolute atomic E-state index is 0.00547. The summed E-state index contributed by atoms with van der Waals surface area (Å²) in [5, 5.41) is 19.3. The van der Waals surface area contributed by atoms with Crippen molar-refractivity contribution >= 4 is 17.1 Å². The Balaban J connectivity index is 1.90. The van der Waals surface area contributed by atoms with Crippen molar-refractivity contribution in [3.63, 3.8) is 0 Å². The van der Waals surface area contributed by atoms with Crippen LogP contribution in [0.15, 0.2) is 4.79 Å². The van der Waals surface area contributed by atoms with E-state index in [4.69, 9.17) is 10.5 Å². The summed E-state index contributed by atoms with van der Waals surface area (Å²) in [6, 6.07) is 0. The number of aromatic nitrogens is 4. The fourth-order valence-electron chi connectivity index (χ4n) is 3.10. The smallest absolute Gasteiger partial charge is 0.280 e. The molecule has 0 radical (unpaired) electrons. The molecule has 4 heterocycles. The van der Waals surface area contributed by atoms with Gasteiger partial charge < -0.3 is 20.7 Å². The lowest BCUT2D eigenvalue weighted by atomic mass is 9.99. The molecule has 0 unspecified atom stereocenters. The fourth-order valence-corrected chi connectivity index (χ4v) is 3.10. The molecule has 9 nitrogen and oxygen atoms in total. The van der Waals surface area contributed by atoms with Crippen molar-refractivity contribution in [3.05, 3.63) is 16.2 Å². The van der Waals surface area contributed by atoms with Crippen molar-refractivity contribution < 1.29 is 14.9 Å². The maximum atomic E-state index is 11.8. The lowest BCUT2D eigenvalue weighted by Crippen LogP contribution is -2.29. The van der Waals surface area contributed by atoms with Crippen LogP contribution in [0, 0.1) is 5.92 Å². The zero-order valence-corrected chi connectivity index (χ0v) is 10.4. The van der Waals surface area contributed by atoms with E-state index in [1.54, 1.807) is 4.57 Å². The summed E-state index contributed by atoms with van der Waals surface area (Å²) in [5.74, 6) is 0.446. The van der Waals surface area contributed by atoms with Gasteiger partial charge in [0.15, 0.2) is 11.2 Å². The number of nitrogens with zero attached hydrogens (tertiary/aromatic N) is 3. The predicted octanol–water partition coefficient (Wildman–Crippen LogP) is -1.88. The van der Waals surface area contributed by atoms with E-state index in [0.717, 1.165) is 0 Å². The molecule has 9 heteroatoms. The Morgan fingerprint density at radius 1 is 1.50 bits per heavy atom. The molecule has 0 bridgehead atoms. The van der Waals surface area contributed by atoms with Crippen LogP contribution in [-0.2, 0) is 11.2 Å². The molecule has 0 spiro atoms. The topological polar surface area (TPSA) is 139 Å². The van der Waals surface area contributed by atoms with Gasteiger partial charge >= 0.3 is 0 Å². The summed E-state index contributed by atoms with van der Waals surface area (Å²) >= 11 is 0. The van der Waals surface area contributed by atoms with Crippen LogP contribution in [-0.4, -0.2) is 48.5 Å². The molecule has 2 aromatic rings. The zero-order chi connectivity index (χ0) is 14.0. The molecular formula is C11H13N5O4. The lowest BCUT2D eigenvalue weighted by Gasteiger charge is -2.13. The number of H-pyrrole nitrogens is 1. The van der Waals surface area contributed by atoms with E-state index in [0.29, 0.717) is 17.9 Å². The predicted molar refractivity (Wildman–Crippen MR) is 66.8 cm³/mol. The number of hydrogen-bond donors (Lipinski definition) is 4. The maximum Gasteiger partial charge on any atom is 0.280 e. The standard InChI is InChI=1S/C11H13N5O4/c12-11-14-8-6(9(19)15-11)13-5-1-3-7(18)4(2-17)20-10(3)16(5)8/h3-4,7,10,17-18H,1-2H2,(H3,12,14,15,19)/t3-,4+,7+,10-/m0/s1. The summed E-state index contributed by atoms with van der Waals surface area (Å²) in [5.41, 5.74) is 5.71. The Kier molecular flexibility index (Phi) is 2.23. The first-order valence-corrected chi connectivity index (χ1v) is 6.31. The second-order valence-corrected chi connectivity index (χ2v) is 5.13. The van der Waals surface area contributed by atoms with Gasteiger partial charge in [0, 0.05) is 12.3 Å². The second kappa shape index (κ2) is 3.78. The number of nitrogens with two attached hydrogens (primary N) is 1. The van der Waals surface area contributed by atoms with Crippen molar-refractivity contribution in [2.24, 2.45) is 5.92 Å². The number of rotatable bonds is 1. The molecule has 0 aromatic carbocycles. The van der Waals surface area contributed by atoms with E-state index < -0.39 is 24.0 Å². The van der Waals surface area contributed by atoms with Crippen molar-refractivity contribution in [2.75, 3.05) is 12.3 Å². The van der Waals surface area contributed by atoms with Crippen LogP contribution in [0.4, 0.5) is 5.95 Å². The van der Waals surface area contributed by atoms with Crippen LogP contribution >= 0.6 is 0 Å². The first kappa shape index (κ1) is 11.8. The minimum atomic E-state index is -0.763. The van der Waals surface area contributed by atoms with Crippen LogP contribution in [0.1, 0.15) is 12.1 Å². The van der Waals surface area contributed by atoms with Crippen LogP contribution in [0.25, 0.3) is 11.2 Å². The van der Waals surface area contributed by atoms with E-state index in [1.807, 2.05) is 0 Å². The Labute approximate surface area is 112 Å². The highest BCUT2D eigenvalue weighted by atomic mass is 16.5. The van der Waals surface area contributed by atoms with Gasteiger partial charge in [0.2, 0.25) is 5.95 Å². The summed E-state index contributed by atoms with van der Waals surface area (Å²) in [6.45, 7) is -0.258. The molecule has 2 aromatic heterocycles. The number of nitrogen functional groups attached to an aromatic ring is 1. The largest absolute Gasteiger partial charge is 0.394 e. The van der Waals surface area contributed by atoms with Gasteiger partial charge in [0.1, 0.15) is 18.2 Å². The average Bonchev–Trinajstić information content (AvgIpc) is 3.00. The van der Waals surface area contributed by atoms with E-state index in [1.165, 1.54) is 0 Å². The lowest BCUT2D eigenvalue weighted by molar-refractivity contribution is -0.0430. The second-order valence-electron chi connectivity index (χ2n) is 5.13. The van der Waals surface area contributed by atoms with Crippen LogP contribution in [0.2, 0.25) is 0 Å². The number of anilines is 1. The van der Waals surface area contributed by atoms with Gasteiger partial charge in [0.25, 0.3) is 5.56 Å². The molecule has 4 atom stereocenters. The SMILES string of the molecule is Nc1nc2c(nc3n2[C@H]2O[C@H](CO)[C@H](O)[C@@H]2C3)c(=O)[nH]1. The highest BCUT2D eigenvalue weighted by Crippen LogP contribution is 2.43. The molecule has 106 valence electrons. The third-order valence-corrected chi connectivity index (χ3v) is 3.99. The van der Waals surface area contributed by atoms with E-state index in [-0.39, 0.29) is 24.0 Å². The van der Waals surface area contributed by atoms with Gasteiger partial charge in [-0.1, -0.05) is 0 Å². The zero-order valence-electron chi connectivity index (χ0n) is 10.4. The Bertz CT molecular complexity index is 753. The van der Waals surface area contributed by atoms with Crippen LogP contribution < -0.4 is 11.3 Å². The average molecular weight is 279 g/mol. The third-order valence-electron chi connectivity index (χ3n) is 3.99. The molecule has 5 N–H and O–H groups in total. The van der Waals surface area contributed by atoms with Gasteiger partial charge in [-0.15, -0.1) is 0 Å². The van der Waals surface area contributed by atoms with E-state index in [9.17, 15) is 15.0 Å². The fraction of sp³-hybridized carbons (Fsp3) is 0.545. The van der Waals surface area contributed by atoms with Crippen molar-refractivity contribution in [1.29, 1.82) is 0 Å². The Hall–Kier alpha value is -1.97. The molecule has 0 aliphatic carbocycles. The number of imidazole rings is 1. The Morgan fingerprint density at radius 2 is 2.30 bits per heavy atom. The van der Waals surface area contributed by atoms with Gasteiger partial charge in [-0.05, 0) is 0 Å². The number of aliphatic hydroxyl groups excluding tert-OH is 2. The van der Waals surface area contributed by atoms with Gasteiger partial charge in [-0.2, -0.15) is 4.98 Å². The van der Waals surface area contributed by atoms with Crippen LogP contribution in [0.3, 0.4) is 0 Å². The number of aliphatic hydroxyl groups is 2. The summed E-state index contributed by atoms with van der Waals surface area (Å²) < 4.78 is 7.33. The molecule has 4 rings (SSSR count). The number of hydrogen-bond acceptors (Lipinski definition) is 7. The third kappa shape index (κ3) is 1.34. The molecule has 1 saturated heterocycles.